The number of unbranched alkanes of at least 4 members (excludes halogenated alkanes) is 1. The fourth-order valence-corrected chi connectivity index (χ4v) is 3.40. The zero-order valence-corrected chi connectivity index (χ0v) is 15.6. The molecule has 0 saturated heterocycles. The quantitative estimate of drug-likeness (QED) is 0.656. The van der Waals surface area contributed by atoms with Crippen LogP contribution in [0.1, 0.15) is 42.6 Å². The molecule has 4 heteroatoms. The second kappa shape index (κ2) is 8.75. The van der Waals surface area contributed by atoms with Gasteiger partial charge in [0.2, 0.25) is 0 Å². The number of carbonyl (C=O) groups excluding carboxylic acids is 1. The lowest BCUT2D eigenvalue weighted by atomic mass is 10.1. The minimum absolute atomic E-state index is 0.295. The average molecular weight is 353 g/mol. The number of ether oxygens (including phenoxy) is 2. The molecule has 0 aromatic heterocycles. The molecule has 0 radical (unpaired) electrons. The molecule has 0 spiro atoms. The highest BCUT2D eigenvalue weighted by Crippen LogP contribution is 2.32. The van der Waals surface area contributed by atoms with Gasteiger partial charge in [-0.05, 0) is 55.7 Å². The van der Waals surface area contributed by atoms with Crippen molar-refractivity contribution in [1.29, 1.82) is 0 Å². The molecule has 0 unspecified atom stereocenters. The van der Waals surface area contributed by atoms with Crippen molar-refractivity contribution in [2.45, 2.75) is 39.2 Å². The molecule has 1 aliphatic heterocycles. The summed E-state index contributed by atoms with van der Waals surface area (Å²) in [7, 11) is 0. The number of fused-ring (bicyclic) bond motifs is 1. The molecule has 138 valence electrons. The maximum absolute atomic E-state index is 11.7. The summed E-state index contributed by atoms with van der Waals surface area (Å²) in [6.07, 6.45) is 3.38. The first-order chi connectivity index (χ1) is 12.7. The topological polar surface area (TPSA) is 38.8 Å². The van der Waals surface area contributed by atoms with Gasteiger partial charge in [-0.1, -0.05) is 31.5 Å². The van der Waals surface area contributed by atoms with Crippen LogP contribution in [-0.4, -0.2) is 31.8 Å². The summed E-state index contributed by atoms with van der Waals surface area (Å²) >= 11 is 0. The van der Waals surface area contributed by atoms with Gasteiger partial charge in [-0.2, -0.15) is 0 Å². The van der Waals surface area contributed by atoms with Crippen molar-refractivity contribution >= 4 is 11.7 Å². The molecule has 0 N–H and O–H groups in total. The van der Waals surface area contributed by atoms with Gasteiger partial charge in [0.25, 0.3) is 0 Å². The van der Waals surface area contributed by atoms with E-state index in [0.717, 1.165) is 18.7 Å². The van der Waals surface area contributed by atoms with Gasteiger partial charge in [0, 0.05) is 12.2 Å². The molecule has 0 bridgehead atoms. The van der Waals surface area contributed by atoms with Gasteiger partial charge < -0.3 is 14.4 Å². The van der Waals surface area contributed by atoms with E-state index in [9.17, 15) is 4.79 Å². The van der Waals surface area contributed by atoms with E-state index in [1.165, 1.54) is 24.1 Å². The Morgan fingerprint density at radius 3 is 2.62 bits per heavy atom. The Kier molecular flexibility index (Phi) is 6.16. The van der Waals surface area contributed by atoms with E-state index in [1.54, 1.807) is 19.1 Å². The summed E-state index contributed by atoms with van der Waals surface area (Å²) in [4.78, 5) is 14.2. The fraction of sp³-hybridized carbons (Fsp3) is 0.409. The third kappa shape index (κ3) is 4.18. The second-order valence-electron chi connectivity index (χ2n) is 6.59. The van der Waals surface area contributed by atoms with Crippen LogP contribution < -0.4 is 9.64 Å². The van der Waals surface area contributed by atoms with Gasteiger partial charge >= 0.3 is 5.97 Å². The predicted octanol–water partition coefficient (Wildman–Crippen LogP) is 4.47. The molecule has 3 rings (SSSR count). The predicted molar refractivity (Wildman–Crippen MR) is 104 cm³/mol. The van der Waals surface area contributed by atoms with E-state index >= 15 is 0 Å². The molecule has 0 amide bonds. The average Bonchev–Trinajstić information content (AvgIpc) is 3.03. The lowest BCUT2D eigenvalue weighted by Gasteiger charge is -2.27. The van der Waals surface area contributed by atoms with E-state index in [-0.39, 0.29) is 5.97 Å². The summed E-state index contributed by atoms with van der Waals surface area (Å²) in [6, 6.07) is 16.2. The number of esters is 1. The third-order valence-corrected chi connectivity index (χ3v) is 4.76. The number of hydrogen-bond donors (Lipinski definition) is 0. The Morgan fingerprint density at radius 2 is 1.88 bits per heavy atom. The zero-order valence-electron chi connectivity index (χ0n) is 15.6. The van der Waals surface area contributed by atoms with Crippen LogP contribution in [0.2, 0.25) is 0 Å². The lowest BCUT2D eigenvalue weighted by molar-refractivity contribution is 0.0526. The molecule has 2 aromatic rings. The van der Waals surface area contributed by atoms with Crippen molar-refractivity contribution in [2.75, 3.05) is 24.7 Å². The molecular formula is C22H27NO3. The van der Waals surface area contributed by atoms with E-state index in [2.05, 4.69) is 36.1 Å². The number of hydrogen-bond acceptors (Lipinski definition) is 4. The first-order valence-electron chi connectivity index (χ1n) is 9.47. The first kappa shape index (κ1) is 18.3. The zero-order chi connectivity index (χ0) is 18.4. The maximum Gasteiger partial charge on any atom is 0.338 e. The molecule has 1 heterocycles. The van der Waals surface area contributed by atoms with Crippen LogP contribution in [0.5, 0.6) is 5.75 Å². The van der Waals surface area contributed by atoms with E-state index in [4.69, 9.17) is 9.47 Å². The fourth-order valence-electron chi connectivity index (χ4n) is 3.40. The summed E-state index contributed by atoms with van der Waals surface area (Å²) in [5.74, 6) is 0.487. The van der Waals surface area contributed by atoms with Crippen LogP contribution in [0, 0.1) is 0 Å². The highest BCUT2D eigenvalue weighted by atomic mass is 16.5. The Bertz CT molecular complexity index is 726. The Morgan fingerprint density at radius 1 is 1.12 bits per heavy atom. The standard InChI is InChI=1S/C22H27NO3/c1-3-5-14-23-19(15-18-8-6-7-9-21(18)23)16-26-20-12-10-17(11-13-20)22(24)25-4-2/h6-13,19H,3-5,14-16H2,1-2H3/t19-/m0/s1. The Balaban J connectivity index is 1.62. The molecule has 0 saturated carbocycles. The van der Waals surface area contributed by atoms with Crippen molar-refractivity contribution < 1.29 is 14.3 Å². The van der Waals surface area contributed by atoms with Gasteiger partial charge in [0.15, 0.2) is 0 Å². The number of benzene rings is 2. The second-order valence-corrected chi connectivity index (χ2v) is 6.59. The van der Waals surface area contributed by atoms with Gasteiger partial charge in [0.1, 0.15) is 12.4 Å². The molecular weight excluding hydrogens is 326 g/mol. The summed E-state index contributed by atoms with van der Waals surface area (Å²) in [5.41, 5.74) is 3.29. The number of carbonyl (C=O) groups is 1. The normalized spacial score (nSPS) is 15.6. The minimum Gasteiger partial charge on any atom is -0.491 e. The summed E-state index contributed by atoms with van der Waals surface area (Å²) in [6.45, 7) is 6.10. The highest BCUT2D eigenvalue weighted by molar-refractivity contribution is 5.89. The third-order valence-electron chi connectivity index (χ3n) is 4.76. The van der Waals surface area contributed by atoms with Gasteiger partial charge in [-0.3, -0.25) is 0 Å². The Hall–Kier alpha value is -2.49. The van der Waals surface area contributed by atoms with E-state index in [0.29, 0.717) is 24.8 Å². The summed E-state index contributed by atoms with van der Waals surface area (Å²) in [5, 5.41) is 0. The molecule has 2 aromatic carbocycles. The van der Waals surface area contributed by atoms with Crippen molar-refractivity contribution in [1.82, 2.24) is 0 Å². The van der Waals surface area contributed by atoms with Crippen molar-refractivity contribution in [3.05, 3.63) is 59.7 Å². The molecule has 4 nitrogen and oxygen atoms in total. The van der Waals surface area contributed by atoms with E-state index in [1.807, 2.05) is 12.1 Å². The van der Waals surface area contributed by atoms with E-state index < -0.39 is 0 Å². The van der Waals surface area contributed by atoms with Crippen molar-refractivity contribution in [3.63, 3.8) is 0 Å². The maximum atomic E-state index is 11.7. The number of anilines is 1. The molecule has 1 atom stereocenters. The first-order valence-corrected chi connectivity index (χ1v) is 9.47. The van der Waals surface area contributed by atoms with Crippen LogP contribution in [0.25, 0.3) is 0 Å². The van der Waals surface area contributed by atoms with Crippen molar-refractivity contribution in [2.24, 2.45) is 0 Å². The number of rotatable bonds is 8. The monoisotopic (exact) mass is 353 g/mol. The van der Waals surface area contributed by atoms with Crippen LogP contribution >= 0.6 is 0 Å². The minimum atomic E-state index is -0.295. The largest absolute Gasteiger partial charge is 0.491 e. The Labute approximate surface area is 155 Å². The molecule has 0 aliphatic carbocycles. The van der Waals surface area contributed by atoms with Crippen LogP contribution in [0.15, 0.2) is 48.5 Å². The van der Waals surface area contributed by atoms with Crippen LogP contribution in [0.3, 0.4) is 0 Å². The van der Waals surface area contributed by atoms with Gasteiger partial charge in [-0.25, -0.2) is 4.79 Å². The lowest BCUT2D eigenvalue weighted by Crippen LogP contribution is -2.37. The van der Waals surface area contributed by atoms with Gasteiger partial charge in [0.05, 0.1) is 18.2 Å². The summed E-state index contributed by atoms with van der Waals surface area (Å²) < 4.78 is 11.0. The van der Waals surface area contributed by atoms with Gasteiger partial charge in [-0.15, -0.1) is 0 Å². The smallest absolute Gasteiger partial charge is 0.338 e. The molecule has 1 aliphatic rings. The SMILES string of the molecule is CCCCN1c2ccccc2C[C@H]1COc1ccc(C(=O)OCC)cc1. The van der Waals surface area contributed by atoms with Crippen LogP contribution in [-0.2, 0) is 11.2 Å². The van der Waals surface area contributed by atoms with Crippen molar-refractivity contribution in [3.8, 4) is 5.75 Å². The molecule has 0 fully saturated rings. The molecule has 26 heavy (non-hydrogen) atoms. The number of nitrogens with zero attached hydrogens (tertiary/aromatic N) is 1. The number of para-hydroxylation sites is 1. The highest BCUT2D eigenvalue weighted by Gasteiger charge is 2.28. The van der Waals surface area contributed by atoms with Crippen LogP contribution in [0.4, 0.5) is 5.69 Å².